The molecule has 0 radical (unpaired) electrons. The second kappa shape index (κ2) is 9.42. The van der Waals surface area contributed by atoms with Gasteiger partial charge < -0.3 is 10.2 Å². The number of hydrogen-bond acceptors (Lipinski definition) is 3. The summed E-state index contributed by atoms with van der Waals surface area (Å²) in [7, 11) is 0. The molecule has 1 N–H and O–H groups in total. The molecule has 1 saturated heterocycles. The SMILES string of the molecule is C=CCSc1ccccc1C(=O)Nc1ccccc1C(=O)N1CCCCC1. The van der Waals surface area contributed by atoms with Gasteiger partial charge >= 0.3 is 0 Å². The minimum absolute atomic E-state index is 0.0140. The van der Waals surface area contributed by atoms with Gasteiger partial charge in [0.2, 0.25) is 0 Å². The number of nitrogens with one attached hydrogen (secondary N) is 1. The van der Waals surface area contributed by atoms with Crippen molar-refractivity contribution >= 4 is 29.3 Å². The van der Waals surface area contributed by atoms with Gasteiger partial charge in [0.25, 0.3) is 11.8 Å². The Kier molecular flexibility index (Phi) is 6.71. The van der Waals surface area contributed by atoms with E-state index in [1.54, 1.807) is 30.0 Å². The Balaban J connectivity index is 1.81. The van der Waals surface area contributed by atoms with E-state index in [1.165, 1.54) is 6.42 Å². The molecule has 27 heavy (non-hydrogen) atoms. The zero-order valence-corrected chi connectivity index (χ0v) is 16.1. The number of anilines is 1. The van der Waals surface area contributed by atoms with Gasteiger partial charge in [0, 0.05) is 23.7 Å². The van der Waals surface area contributed by atoms with Gasteiger partial charge in [0.05, 0.1) is 16.8 Å². The molecule has 1 heterocycles. The third-order valence-corrected chi connectivity index (χ3v) is 5.61. The number of nitrogens with zero attached hydrogens (tertiary/aromatic N) is 1. The van der Waals surface area contributed by atoms with Crippen LogP contribution in [-0.4, -0.2) is 35.6 Å². The number of likely N-dealkylation sites (tertiary alicyclic amines) is 1. The first-order chi connectivity index (χ1) is 13.2. The number of benzene rings is 2. The Bertz CT molecular complexity index is 829. The fourth-order valence-electron chi connectivity index (χ4n) is 3.16. The monoisotopic (exact) mass is 380 g/mol. The lowest BCUT2D eigenvalue weighted by molar-refractivity contribution is 0.0725. The number of amides is 2. The molecule has 0 saturated carbocycles. The summed E-state index contributed by atoms with van der Waals surface area (Å²) in [6, 6.07) is 14.7. The summed E-state index contributed by atoms with van der Waals surface area (Å²) in [4.78, 5) is 28.6. The van der Waals surface area contributed by atoms with Crippen LogP contribution in [0.15, 0.2) is 66.1 Å². The zero-order chi connectivity index (χ0) is 19.1. The van der Waals surface area contributed by atoms with Crippen LogP contribution in [0.4, 0.5) is 5.69 Å². The number of rotatable bonds is 6. The van der Waals surface area contributed by atoms with Gasteiger partial charge in [0.15, 0.2) is 0 Å². The molecule has 3 rings (SSSR count). The molecule has 1 aliphatic heterocycles. The van der Waals surface area contributed by atoms with Crippen LogP contribution in [0.3, 0.4) is 0 Å². The van der Waals surface area contributed by atoms with Gasteiger partial charge in [-0.05, 0) is 43.5 Å². The fraction of sp³-hybridized carbons (Fsp3) is 0.273. The molecule has 0 spiro atoms. The van der Waals surface area contributed by atoms with Crippen molar-refractivity contribution in [2.24, 2.45) is 0 Å². The van der Waals surface area contributed by atoms with E-state index in [1.807, 2.05) is 41.3 Å². The number of thioether (sulfide) groups is 1. The lowest BCUT2D eigenvalue weighted by Crippen LogP contribution is -2.36. The highest BCUT2D eigenvalue weighted by atomic mass is 32.2. The predicted molar refractivity (Wildman–Crippen MR) is 112 cm³/mol. The van der Waals surface area contributed by atoms with Crippen LogP contribution in [0.2, 0.25) is 0 Å². The van der Waals surface area contributed by atoms with E-state index in [0.717, 1.165) is 36.6 Å². The molecular formula is C22H24N2O2S. The van der Waals surface area contributed by atoms with Crippen molar-refractivity contribution in [3.8, 4) is 0 Å². The van der Waals surface area contributed by atoms with Crippen LogP contribution in [0.1, 0.15) is 40.0 Å². The van der Waals surface area contributed by atoms with Crippen molar-refractivity contribution < 1.29 is 9.59 Å². The van der Waals surface area contributed by atoms with Crippen LogP contribution in [0, 0.1) is 0 Å². The number of carbonyl (C=O) groups excluding carboxylic acids is 2. The summed E-state index contributed by atoms with van der Waals surface area (Å²) in [5, 5.41) is 2.94. The highest BCUT2D eigenvalue weighted by Gasteiger charge is 2.22. The zero-order valence-electron chi connectivity index (χ0n) is 15.3. The maximum Gasteiger partial charge on any atom is 0.256 e. The van der Waals surface area contributed by atoms with E-state index in [4.69, 9.17) is 0 Å². The van der Waals surface area contributed by atoms with E-state index < -0.39 is 0 Å². The van der Waals surface area contributed by atoms with Crippen molar-refractivity contribution in [1.29, 1.82) is 0 Å². The molecule has 1 aliphatic rings. The first kappa shape index (κ1) is 19.2. The number of carbonyl (C=O) groups is 2. The van der Waals surface area contributed by atoms with Crippen LogP contribution in [0.25, 0.3) is 0 Å². The summed E-state index contributed by atoms with van der Waals surface area (Å²) >= 11 is 1.57. The Morgan fingerprint density at radius 1 is 1.00 bits per heavy atom. The number of piperidine rings is 1. The Morgan fingerprint density at radius 2 is 1.67 bits per heavy atom. The van der Waals surface area contributed by atoms with E-state index in [9.17, 15) is 9.59 Å². The largest absolute Gasteiger partial charge is 0.339 e. The Labute approximate surface area is 164 Å². The second-order valence-electron chi connectivity index (χ2n) is 6.45. The summed E-state index contributed by atoms with van der Waals surface area (Å²) in [5.74, 6) is 0.509. The van der Waals surface area contributed by atoms with Gasteiger partial charge in [-0.2, -0.15) is 0 Å². The molecule has 0 aromatic heterocycles. The van der Waals surface area contributed by atoms with Crippen molar-refractivity contribution in [3.05, 3.63) is 72.3 Å². The molecular weight excluding hydrogens is 356 g/mol. The van der Waals surface area contributed by atoms with Gasteiger partial charge in [-0.15, -0.1) is 18.3 Å². The van der Waals surface area contributed by atoms with Crippen LogP contribution < -0.4 is 5.32 Å². The average molecular weight is 381 g/mol. The summed E-state index contributed by atoms with van der Waals surface area (Å²) in [5.41, 5.74) is 1.70. The summed E-state index contributed by atoms with van der Waals surface area (Å²) in [6.45, 7) is 5.29. The highest BCUT2D eigenvalue weighted by molar-refractivity contribution is 7.99. The minimum Gasteiger partial charge on any atom is -0.339 e. The third kappa shape index (κ3) is 4.80. The molecule has 2 aromatic carbocycles. The quantitative estimate of drug-likeness (QED) is 0.576. The smallest absolute Gasteiger partial charge is 0.256 e. The molecule has 4 nitrogen and oxygen atoms in total. The minimum atomic E-state index is -0.207. The maximum atomic E-state index is 12.9. The molecule has 2 aromatic rings. The number of para-hydroxylation sites is 1. The van der Waals surface area contributed by atoms with E-state index in [-0.39, 0.29) is 11.8 Å². The van der Waals surface area contributed by atoms with Gasteiger partial charge in [-0.3, -0.25) is 9.59 Å². The second-order valence-corrected chi connectivity index (χ2v) is 7.51. The molecule has 0 unspecified atom stereocenters. The molecule has 0 aliphatic carbocycles. The number of hydrogen-bond donors (Lipinski definition) is 1. The van der Waals surface area contributed by atoms with Crippen LogP contribution >= 0.6 is 11.8 Å². The molecule has 0 bridgehead atoms. The molecule has 1 fully saturated rings. The van der Waals surface area contributed by atoms with E-state index in [0.29, 0.717) is 16.8 Å². The fourth-order valence-corrected chi connectivity index (χ4v) is 3.95. The third-order valence-electron chi connectivity index (χ3n) is 4.54. The van der Waals surface area contributed by atoms with Crippen LogP contribution in [0.5, 0.6) is 0 Å². The predicted octanol–water partition coefficient (Wildman–Crippen LogP) is 4.84. The Morgan fingerprint density at radius 3 is 2.41 bits per heavy atom. The topological polar surface area (TPSA) is 49.4 Å². The van der Waals surface area contributed by atoms with Crippen molar-refractivity contribution in [1.82, 2.24) is 4.90 Å². The van der Waals surface area contributed by atoms with Crippen molar-refractivity contribution in [2.45, 2.75) is 24.2 Å². The van der Waals surface area contributed by atoms with E-state index in [2.05, 4.69) is 11.9 Å². The highest BCUT2D eigenvalue weighted by Crippen LogP contribution is 2.25. The molecule has 2 amide bonds. The summed E-state index contributed by atoms with van der Waals surface area (Å²) < 4.78 is 0. The molecule has 0 atom stereocenters. The van der Waals surface area contributed by atoms with Crippen molar-refractivity contribution in [2.75, 3.05) is 24.2 Å². The maximum absolute atomic E-state index is 12.9. The van der Waals surface area contributed by atoms with E-state index >= 15 is 0 Å². The first-order valence-corrected chi connectivity index (χ1v) is 10.2. The van der Waals surface area contributed by atoms with Crippen LogP contribution in [-0.2, 0) is 0 Å². The van der Waals surface area contributed by atoms with Gasteiger partial charge in [0.1, 0.15) is 0 Å². The average Bonchev–Trinajstić information content (AvgIpc) is 2.73. The Hall–Kier alpha value is -2.53. The van der Waals surface area contributed by atoms with Gasteiger partial charge in [-0.1, -0.05) is 30.3 Å². The van der Waals surface area contributed by atoms with Gasteiger partial charge in [-0.25, -0.2) is 0 Å². The lowest BCUT2D eigenvalue weighted by Gasteiger charge is -2.27. The molecule has 5 heteroatoms. The van der Waals surface area contributed by atoms with Crippen molar-refractivity contribution in [3.63, 3.8) is 0 Å². The first-order valence-electron chi connectivity index (χ1n) is 9.23. The summed E-state index contributed by atoms with van der Waals surface area (Å²) in [6.07, 6.45) is 5.05. The molecule has 140 valence electrons. The lowest BCUT2D eigenvalue weighted by atomic mass is 10.1. The standard InChI is InChI=1S/C22H24N2O2S/c1-2-16-27-20-13-7-5-11-18(20)21(25)23-19-12-6-4-10-17(19)22(26)24-14-8-3-9-15-24/h2,4-7,10-13H,1,3,8-9,14-16H2,(H,23,25). The normalized spacial score (nSPS) is 13.9.